The molecule has 1 aromatic heterocycles. The normalized spacial score (nSPS) is 13.2. The van der Waals surface area contributed by atoms with Crippen LogP contribution in [-0.4, -0.2) is 30.5 Å². The molecular formula is C13H16ClN3. The van der Waals surface area contributed by atoms with Gasteiger partial charge in [0.25, 0.3) is 0 Å². The van der Waals surface area contributed by atoms with Crippen molar-refractivity contribution >= 4 is 22.5 Å². The van der Waals surface area contributed by atoms with Crippen LogP contribution in [-0.2, 0) is 0 Å². The molecule has 1 atom stereocenters. The second-order valence-electron chi connectivity index (χ2n) is 4.25. The number of benzene rings is 1. The number of nitrogens with two attached hydrogens (primary N) is 1. The van der Waals surface area contributed by atoms with E-state index in [0.717, 1.165) is 21.5 Å². The molecule has 1 heterocycles. The quantitative estimate of drug-likeness (QED) is 0.909. The van der Waals surface area contributed by atoms with Crippen molar-refractivity contribution in [3.8, 4) is 0 Å². The maximum Gasteiger partial charge on any atom is 0.0765 e. The average molecular weight is 250 g/mol. The fourth-order valence-electron chi connectivity index (χ4n) is 2.04. The highest BCUT2D eigenvalue weighted by Crippen LogP contribution is 2.29. The first-order valence-corrected chi connectivity index (χ1v) is 5.92. The highest BCUT2D eigenvalue weighted by molar-refractivity contribution is 6.35. The van der Waals surface area contributed by atoms with E-state index in [9.17, 15) is 0 Å². The molecule has 17 heavy (non-hydrogen) atoms. The number of pyridine rings is 1. The molecule has 2 N–H and O–H groups in total. The van der Waals surface area contributed by atoms with Gasteiger partial charge in [-0.25, -0.2) is 0 Å². The zero-order valence-corrected chi connectivity index (χ0v) is 10.8. The highest BCUT2D eigenvalue weighted by atomic mass is 35.5. The van der Waals surface area contributed by atoms with Crippen molar-refractivity contribution in [2.75, 3.05) is 20.6 Å². The maximum absolute atomic E-state index is 6.17. The van der Waals surface area contributed by atoms with E-state index in [4.69, 9.17) is 17.3 Å². The van der Waals surface area contributed by atoms with Crippen molar-refractivity contribution in [1.82, 2.24) is 9.88 Å². The van der Waals surface area contributed by atoms with Gasteiger partial charge in [0, 0.05) is 29.2 Å². The van der Waals surface area contributed by atoms with Gasteiger partial charge in [-0.2, -0.15) is 0 Å². The van der Waals surface area contributed by atoms with Gasteiger partial charge in [-0.1, -0.05) is 17.7 Å². The number of nitrogens with zero attached hydrogens (tertiary/aromatic N) is 2. The van der Waals surface area contributed by atoms with E-state index >= 15 is 0 Å². The van der Waals surface area contributed by atoms with Gasteiger partial charge in [0.2, 0.25) is 0 Å². The van der Waals surface area contributed by atoms with Gasteiger partial charge in [0.1, 0.15) is 0 Å². The van der Waals surface area contributed by atoms with Crippen molar-refractivity contribution in [2.24, 2.45) is 5.73 Å². The summed E-state index contributed by atoms with van der Waals surface area (Å²) in [6.07, 6.45) is 1.78. The molecule has 90 valence electrons. The SMILES string of the molecule is CN(C)C(CN)c1ccc(Cl)c2cccnc12. The highest BCUT2D eigenvalue weighted by Gasteiger charge is 2.16. The summed E-state index contributed by atoms with van der Waals surface area (Å²) in [5, 5.41) is 1.71. The van der Waals surface area contributed by atoms with Crippen LogP contribution in [0.3, 0.4) is 0 Å². The van der Waals surface area contributed by atoms with Crippen molar-refractivity contribution in [1.29, 1.82) is 0 Å². The lowest BCUT2D eigenvalue weighted by molar-refractivity contribution is 0.307. The minimum Gasteiger partial charge on any atom is -0.329 e. The van der Waals surface area contributed by atoms with Gasteiger partial charge in [-0.05, 0) is 37.9 Å². The second kappa shape index (κ2) is 5.00. The van der Waals surface area contributed by atoms with E-state index in [1.165, 1.54) is 0 Å². The Hall–Kier alpha value is -1.16. The van der Waals surface area contributed by atoms with Crippen molar-refractivity contribution in [2.45, 2.75) is 6.04 Å². The van der Waals surface area contributed by atoms with Gasteiger partial charge >= 0.3 is 0 Å². The molecule has 2 rings (SSSR count). The number of aromatic nitrogens is 1. The fourth-order valence-corrected chi connectivity index (χ4v) is 2.26. The van der Waals surface area contributed by atoms with Gasteiger partial charge in [-0.3, -0.25) is 4.98 Å². The molecule has 0 bridgehead atoms. The molecule has 0 spiro atoms. The molecule has 0 fully saturated rings. The van der Waals surface area contributed by atoms with E-state index in [-0.39, 0.29) is 6.04 Å². The number of likely N-dealkylation sites (N-methyl/N-ethyl adjacent to an activating group) is 1. The minimum absolute atomic E-state index is 0.157. The third-order valence-corrected chi connectivity index (χ3v) is 3.28. The smallest absolute Gasteiger partial charge is 0.0765 e. The summed E-state index contributed by atoms with van der Waals surface area (Å²) in [5.74, 6) is 0. The lowest BCUT2D eigenvalue weighted by Gasteiger charge is -2.24. The second-order valence-corrected chi connectivity index (χ2v) is 4.66. The van der Waals surface area contributed by atoms with Crippen LogP contribution < -0.4 is 5.73 Å². The Morgan fingerprint density at radius 2 is 2.12 bits per heavy atom. The Bertz CT molecular complexity index is 525. The molecule has 0 radical (unpaired) electrons. The number of hydrogen-bond acceptors (Lipinski definition) is 3. The fraction of sp³-hybridized carbons (Fsp3) is 0.308. The first-order valence-electron chi connectivity index (χ1n) is 5.54. The van der Waals surface area contributed by atoms with Crippen LogP contribution in [0, 0.1) is 0 Å². The molecule has 0 aliphatic rings. The zero-order valence-electron chi connectivity index (χ0n) is 10.0. The summed E-state index contributed by atoms with van der Waals surface area (Å²) in [4.78, 5) is 6.52. The molecule has 0 aliphatic heterocycles. The van der Waals surface area contributed by atoms with Crippen LogP contribution in [0.25, 0.3) is 10.9 Å². The Morgan fingerprint density at radius 1 is 1.35 bits per heavy atom. The lowest BCUT2D eigenvalue weighted by Crippen LogP contribution is -2.27. The topological polar surface area (TPSA) is 42.1 Å². The molecule has 1 unspecified atom stereocenters. The van der Waals surface area contributed by atoms with Crippen molar-refractivity contribution < 1.29 is 0 Å². The molecule has 4 heteroatoms. The van der Waals surface area contributed by atoms with E-state index < -0.39 is 0 Å². The molecule has 0 saturated carbocycles. The first-order chi connectivity index (χ1) is 8.15. The van der Waals surface area contributed by atoms with Gasteiger partial charge in [-0.15, -0.1) is 0 Å². The zero-order chi connectivity index (χ0) is 12.4. The number of hydrogen-bond donors (Lipinski definition) is 1. The Kier molecular flexibility index (Phi) is 3.62. The van der Waals surface area contributed by atoms with Crippen LogP contribution in [0.4, 0.5) is 0 Å². The van der Waals surface area contributed by atoms with Gasteiger partial charge in [0.05, 0.1) is 5.52 Å². The predicted molar refractivity (Wildman–Crippen MR) is 72.2 cm³/mol. The largest absolute Gasteiger partial charge is 0.329 e. The average Bonchev–Trinajstić information content (AvgIpc) is 2.33. The van der Waals surface area contributed by atoms with E-state index in [1.54, 1.807) is 6.20 Å². The monoisotopic (exact) mass is 249 g/mol. The van der Waals surface area contributed by atoms with Crippen LogP contribution in [0.2, 0.25) is 5.02 Å². The van der Waals surface area contributed by atoms with Crippen LogP contribution >= 0.6 is 11.6 Å². The maximum atomic E-state index is 6.17. The molecule has 2 aromatic rings. The summed E-state index contributed by atoms with van der Waals surface area (Å²) < 4.78 is 0. The van der Waals surface area contributed by atoms with E-state index in [2.05, 4.69) is 9.88 Å². The third-order valence-electron chi connectivity index (χ3n) is 2.95. The summed E-state index contributed by atoms with van der Waals surface area (Å²) in [7, 11) is 4.03. The minimum atomic E-state index is 0.157. The number of halogens is 1. The predicted octanol–water partition coefficient (Wildman–Crippen LogP) is 2.45. The van der Waals surface area contributed by atoms with Gasteiger partial charge in [0.15, 0.2) is 0 Å². The summed E-state index contributed by atoms with van der Waals surface area (Å²) in [5.41, 5.74) is 7.89. The molecule has 3 nitrogen and oxygen atoms in total. The Morgan fingerprint density at radius 3 is 2.76 bits per heavy atom. The number of fused-ring (bicyclic) bond motifs is 1. The van der Waals surface area contributed by atoms with Crippen molar-refractivity contribution in [3.05, 3.63) is 41.0 Å². The lowest BCUT2D eigenvalue weighted by atomic mass is 10.0. The summed E-state index contributed by atoms with van der Waals surface area (Å²) in [6, 6.07) is 7.95. The van der Waals surface area contributed by atoms with Crippen LogP contribution in [0.1, 0.15) is 11.6 Å². The first kappa shape index (κ1) is 12.3. The number of rotatable bonds is 3. The van der Waals surface area contributed by atoms with E-state index in [0.29, 0.717) is 6.54 Å². The van der Waals surface area contributed by atoms with E-state index in [1.807, 2.05) is 38.4 Å². The molecule has 0 amide bonds. The Balaban J connectivity index is 2.66. The Labute approximate surface area is 106 Å². The standard InChI is InChI=1S/C13H16ClN3/c1-17(2)12(8-15)10-5-6-11(14)9-4-3-7-16-13(9)10/h3-7,12H,8,15H2,1-2H3. The van der Waals surface area contributed by atoms with Crippen LogP contribution in [0.15, 0.2) is 30.5 Å². The summed E-state index contributed by atoms with van der Waals surface area (Å²) in [6.45, 7) is 0.556. The molecular weight excluding hydrogens is 234 g/mol. The molecule has 0 saturated heterocycles. The van der Waals surface area contributed by atoms with Gasteiger partial charge < -0.3 is 10.6 Å². The van der Waals surface area contributed by atoms with Crippen LogP contribution in [0.5, 0.6) is 0 Å². The van der Waals surface area contributed by atoms with Crippen molar-refractivity contribution in [3.63, 3.8) is 0 Å². The molecule has 0 aliphatic carbocycles. The molecule has 1 aromatic carbocycles. The third kappa shape index (κ3) is 2.27. The summed E-state index contributed by atoms with van der Waals surface area (Å²) >= 11 is 6.17.